The summed E-state index contributed by atoms with van der Waals surface area (Å²) in [4.78, 5) is 15.6. The first-order chi connectivity index (χ1) is 11.6. The highest BCUT2D eigenvalue weighted by Crippen LogP contribution is 2.32. The molecule has 6 heteroatoms. The summed E-state index contributed by atoms with van der Waals surface area (Å²) in [5, 5.41) is 0.501. The Balaban J connectivity index is 2.11. The number of rotatable bonds is 6. The van der Waals surface area contributed by atoms with E-state index >= 15 is 0 Å². The van der Waals surface area contributed by atoms with Crippen LogP contribution in [0, 0.1) is 5.82 Å². The lowest BCUT2D eigenvalue weighted by Crippen LogP contribution is -2.09. The molecule has 0 fully saturated rings. The SMILES string of the molecule is CCOCCn1c(C=O)nc2cc(Cl)c(-c3ccc(F)cc3)cc21. The van der Waals surface area contributed by atoms with Crippen LogP contribution in [0.25, 0.3) is 22.2 Å². The zero-order chi connectivity index (χ0) is 17.1. The summed E-state index contributed by atoms with van der Waals surface area (Å²) in [7, 11) is 0. The Bertz CT molecular complexity index is 875. The number of aromatic nitrogens is 2. The van der Waals surface area contributed by atoms with E-state index in [1.807, 2.05) is 13.0 Å². The van der Waals surface area contributed by atoms with Crippen LogP contribution < -0.4 is 0 Å². The van der Waals surface area contributed by atoms with Crippen LogP contribution in [0.3, 0.4) is 0 Å². The molecule has 0 aliphatic carbocycles. The van der Waals surface area contributed by atoms with Crippen molar-refractivity contribution in [3.8, 4) is 11.1 Å². The van der Waals surface area contributed by atoms with Crippen LogP contribution in [0.5, 0.6) is 0 Å². The summed E-state index contributed by atoms with van der Waals surface area (Å²) >= 11 is 6.35. The summed E-state index contributed by atoms with van der Waals surface area (Å²) in [6, 6.07) is 9.71. The van der Waals surface area contributed by atoms with Gasteiger partial charge in [-0.15, -0.1) is 0 Å². The molecule has 0 saturated carbocycles. The Labute approximate surface area is 143 Å². The number of hydrogen-bond acceptors (Lipinski definition) is 3. The predicted molar refractivity (Wildman–Crippen MR) is 92.0 cm³/mol. The van der Waals surface area contributed by atoms with E-state index in [9.17, 15) is 9.18 Å². The number of benzene rings is 2. The summed E-state index contributed by atoms with van der Waals surface area (Å²) < 4.78 is 20.3. The number of imidazole rings is 1. The van der Waals surface area contributed by atoms with Crippen LogP contribution in [0.1, 0.15) is 17.5 Å². The van der Waals surface area contributed by atoms with E-state index in [2.05, 4.69) is 4.98 Å². The minimum atomic E-state index is -0.305. The highest BCUT2D eigenvalue weighted by Gasteiger charge is 2.14. The van der Waals surface area contributed by atoms with E-state index in [1.54, 1.807) is 22.8 Å². The maximum absolute atomic E-state index is 13.1. The fraction of sp³-hybridized carbons (Fsp3) is 0.222. The monoisotopic (exact) mass is 346 g/mol. The molecule has 0 saturated heterocycles. The van der Waals surface area contributed by atoms with Gasteiger partial charge >= 0.3 is 0 Å². The van der Waals surface area contributed by atoms with E-state index in [4.69, 9.17) is 16.3 Å². The summed E-state index contributed by atoms with van der Waals surface area (Å²) in [6.07, 6.45) is 0.720. The first-order valence-corrected chi connectivity index (χ1v) is 8.00. The molecule has 0 unspecified atom stereocenters. The number of carbonyl (C=O) groups excluding carboxylic acids is 1. The van der Waals surface area contributed by atoms with Gasteiger partial charge in [0.05, 0.1) is 22.7 Å². The van der Waals surface area contributed by atoms with Crippen molar-refractivity contribution in [3.05, 3.63) is 53.1 Å². The number of aldehydes is 1. The van der Waals surface area contributed by atoms with Gasteiger partial charge in [0.15, 0.2) is 12.1 Å². The molecule has 0 radical (unpaired) electrons. The fourth-order valence-electron chi connectivity index (χ4n) is 2.64. The third-order valence-electron chi connectivity index (χ3n) is 3.79. The van der Waals surface area contributed by atoms with Gasteiger partial charge in [-0.3, -0.25) is 4.79 Å². The van der Waals surface area contributed by atoms with Crippen LogP contribution in [-0.2, 0) is 11.3 Å². The molecule has 2 aromatic carbocycles. The second kappa shape index (κ2) is 7.11. The molecule has 1 heterocycles. The van der Waals surface area contributed by atoms with Crippen LogP contribution in [0.4, 0.5) is 4.39 Å². The van der Waals surface area contributed by atoms with Crippen molar-refractivity contribution in [1.29, 1.82) is 0 Å². The molecule has 3 aromatic rings. The molecule has 1 aromatic heterocycles. The standard InChI is InChI=1S/C18H16ClFN2O2/c1-2-24-8-7-22-17-9-14(12-3-5-13(20)6-4-12)15(19)10-16(17)21-18(22)11-23/h3-6,9-11H,2,7-8H2,1H3. The van der Waals surface area contributed by atoms with Gasteiger partial charge in [-0.05, 0) is 36.8 Å². The minimum Gasteiger partial charge on any atom is -0.380 e. The van der Waals surface area contributed by atoms with Crippen molar-refractivity contribution < 1.29 is 13.9 Å². The average molecular weight is 347 g/mol. The Morgan fingerprint density at radius 3 is 2.71 bits per heavy atom. The van der Waals surface area contributed by atoms with E-state index < -0.39 is 0 Å². The molecule has 0 bridgehead atoms. The second-order valence-electron chi connectivity index (χ2n) is 5.26. The van der Waals surface area contributed by atoms with Gasteiger partial charge in [0.2, 0.25) is 0 Å². The van der Waals surface area contributed by atoms with Gasteiger partial charge in [0.25, 0.3) is 0 Å². The van der Waals surface area contributed by atoms with E-state index in [-0.39, 0.29) is 5.82 Å². The van der Waals surface area contributed by atoms with Crippen LogP contribution >= 0.6 is 11.6 Å². The molecule has 0 aliphatic heterocycles. The highest BCUT2D eigenvalue weighted by molar-refractivity contribution is 6.34. The van der Waals surface area contributed by atoms with Crippen molar-refractivity contribution in [2.24, 2.45) is 0 Å². The van der Waals surface area contributed by atoms with E-state index in [0.717, 1.165) is 22.9 Å². The molecule has 0 atom stereocenters. The Hall–Kier alpha value is -2.24. The molecule has 0 amide bonds. The topological polar surface area (TPSA) is 44.1 Å². The number of fused-ring (bicyclic) bond motifs is 1. The van der Waals surface area contributed by atoms with Gasteiger partial charge < -0.3 is 9.30 Å². The number of ether oxygens (including phenoxy) is 1. The third-order valence-corrected chi connectivity index (χ3v) is 4.10. The van der Waals surface area contributed by atoms with Crippen molar-refractivity contribution in [2.45, 2.75) is 13.5 Å². The first kappa shape index (κ1) is 16.6. The lowest BCUT2D eigenvalue weighted by Gasteiger charge is -2.09. The molecule has 0 spiro atoms. The van der Waals surface area contributed by atoms with Gasteiger partial charge in [0.1, 0.15) is 5.82 Å². The van der Waals surface area contributed by atoms with Crippen molar-refractivity contribution in [2.75, 3.05) is 13.2 Å². The van der Waals surface area contributed by atoms with Crippen LogP contribution in [0.15, 0.2) is 36.4 Å². The number of carbonyl (C=O) groups is 1. The van der Waals surface area contributed by atoms with Crippen molar-refractivity contribution in [1.82, 2.24) is 9.55 Å². The average Bonchev–Trinajstić information content (AvgIpc) is 2.92. The number of nitrogens with zero attached hydrogens (tertiary/aromatic N) is 2. The molecule has 24 heavy (non-hydrogen) atoms. The number of halogens is 2. The Kier molecular flexibility index (Phi) is 4.92. The predicted octanol–water partition coefficient (Wildman–Crippen LogP) is 4.34. The second-order valence-corrected chi connectivity index (χ2v) is 5.67. The van der Waals surface area contributed by atoms with Gasteiger partial charge in [-0.25, -0.2) is 9.37 Å². The van der Waals surface area contributed by atoms with Gasteiger partial charge in [-0.1, -0.05) is 23.7 Å². The highest BCUT2D eigenvalue weighted by atomic mass is 35.5. The zero-order valence-corrected chi connectivity index (χ0v) is 13.9. The minimum absolute atomic E-state index is 0.305. The number of hydrogen-bond donors (Lipinski definition) is 0. The summed E-state index contributed by atoms with van der Waals surface area (Å²) in [5.74, 6) is 0.0259. The molecule has 0 aliphatic rings. The maximum Gasteiger partial charge on any atom is 0.185 e. The van der Waals surface area contributed by atoms with Gasteiger partial charge in [0, 0.05) is 18.7 Å². The van der Waals surface area contributed by atoms with Crippen molar-refractivity contribution >= 4 is 28.9 Å². The first-order valence-electron chi connectivity index (χ1n) is 7.62. The van der Waals surface area contributed by atoms with E-state index in [1.165, 1.54) is 12.1 Å². The quantitative estimate of drug-likeness (QED) is 0.492. The molecular formula is C18H16ClFN2O2. The fourth-order valence-corrected chi connectivity index (χ4v) is 2.91. The lowest BCUT2D eigenvalue weighted by molar-refractivity contribution is 0.110. The maximum atomic E-state index is 13.1. The molecular weight excluding hydrogens is 331 g/mol. The van der Waals surface area contributed by atoms with E-state index in [0.29, 0.717) is 36.1 Å². The van der Waals surface area contributed by atoms with Crippen LogP contribution in [-0.4, -0.2) is 29.1 Å². The van der Waals surface area contributed by atoms with Gasteiger partial charge in [-0.2, -0.15) is 0 Å². The molecule has 4 nitrogen and oxygen atoms in total. The normalized spacial score (nSPS) is 11.1. The Morgan fingerprint density at radius 1 is 1.29 bits per heavy atom. The lowest BCUT2D eigenvalue weighted by atomic mass is 10.0. The summed E-state index contributed by atoms with van der Waals surface area (Å²) in [5.41, 5.74) is 3.00. The molecule has 124 valence electrons. The smallest absolute Gasteiger partial charge is 0.185 e. The Morgan fingerprint density at radius 2 is 2.04 bits per heavy atom. The molecule has 0 N–H and O–H groups in total. The zero-order valence-electron chi connectivity index (χ0n) is 13.1. The largest absolute Gasteiger partial charge is 0.380 e. The third kappa shape index (κ3) is 3.18. The molecule has 3 rings (SSSR count). The van der Waals surface area contributed by atoms with Crippen molar-refractivity contribution in [3.63, 3.8) is 0 Å². The van der Waals surface area contributed by atoms with Crippen LogP contribution in [0.2, 0.25) is 5.02 Å². The summed E-state index contributed by atoms with van der Waals surface area (Å²) in [6.45, 7) is 3.52.